The molecular formula is C12H21BrN2O2Si. The quantitative estimate of drug-likeness (QED) is 0.793. The summed E-state index contributed by atoms with van der Waals surface area (Å²) in [4.78, 5) is 0. The lowest BCUT2D eigenvalue weighted by molar-refractivity contribution is 0.208. The average molecular weight is 333 g/mol. The van der Waals surface area contributed by atoms with E-state index in [4.69, 9.17) is 9.16 Å². The summed E-state index contributed by atoms with van der Waals surface area (Å²) in [6, 6.07) is 0.195. The summed E-state index contributed by atoms with van der Waals surface area (Å²) in [6.45, 7) is 12.6. The standard InChI is InChI=1S/C12H21BrN2O2Si/c1-12(2,3)18(4,5)17-8-9-7-16-11-10(13)6-14-15(9)11/h6,9H,7-8H2,1-5H3. The molecule has 0 spiro atoms. The number of fused-ring (bicyclic) bond motifs is 1. The Labute approximate surface area is 118 Å². The van der Waals surface area contributed by atoms with Crippen LogP contribution in [0.5, 0.6) is 5.88 Å². The Morgan fingerprint density at radius 2 is 2.22 bits per heavy atom. The van der Waals surface area contributed by atoms with Crippen LogP contribution in [0.1, 0.15) is 26.8 Å². The van der Waals surface area contributed by atoms with Gasteiger partial charge in [-0.1, -0.05) is 20.8 Å². The van der Waals surface area contributed by atoms with E-state index in [2.05, 4.69) is 54.9 Å². The van der Waals surface area contributed by atoms with E-state index in [-0.39, 0.29) is 11.1 Å². The normalized spacial score (nSPS) is 19.8. The van der Waals surface area contributed by atoms with Gasteiger partial charge in [-0.25, -0.2) is 4.68 Å². The second-order valence-corrected chi connectivity index (χ2v) is 11.9. The molecule has 2 heterocycles. The molecule has 0 aliphatic carbocycles. The van der Waals surface area contributed by atoms with Crippen LogP contribution in [-0.4, -0.2) is 31.3 Å². The van der Waals surface area contributed by atoms with Gasteiger partial charge in [0.2, 0.25) is 5.88 Å². The molecule has 1 aromatic heterocycles. The van der Waals surface area contributed by atoms with Crippen molar-refractivity contribution in [3.05, 3.63) is 10.7 Å². The Morgan fingerprint density at radius 1 is 1.56 bits per heavy atom. The van der Waals surface area contributed by atoms with Crippen molar-refractivity contribution in [2.75, 3.05) is 13.2 Å². The molecule has 0 saturated heterocycles. The second-order valence-electron chi connectivity index (χ2n) is 6.28. The minimum atomic E-state index is -1.70. The average Bonchev–Trinajstić information content (AvgIpc) is 2.78. The third-order valence-corrected chi connectivity index (χ3v) is 8.95. The molecule has 4 nitrogen and oxygen atoms in total. The van der Waals surface area contributed by atoms with E-state index in [0.29, 0.717) is 13.2 Å². The summed E-state index contributed by atoms with van der Waals surface area (Å²) < 4.78 is 14.7. The third-order valence-electron chi connectivity index (χ3n) is 3.91. The molecule has 0 N–H and O–H groups in total. The number of halogens is 1. The molecule has 0 bridgehead atoms. The summed E-state index contributed by atoms with van der Waals surface area (Å²) in [7, 11) is -1.70. The van der Waals surface area contributed by atoms with Gasteiger partial charge in [-0.05, 0) is 34.1 Å². The van der Waals surface area contributed by atoms with Crippen molar-refractivity contribution < 1.29 is 9.16 Å². The molecule has 0 radical (unpaired) electrons. The molecule has 1 aliphatic rings. The van der Waals surface area contributed by atoms with Gasteiger partial charge in [0.25, 0.3) is 0 Å². The minimum Gasteiger partial charge on any atom is -0.475 e. The monoisotopic (exact) mass is 332 g/mol. The van der Waals surface area contributed by atoms with Crippen molar-refractivity contribution in [1.29, 1.82) is 0 Å². The first-order chi connectivity index (χ1) is 8.22. The predicted molar refractivity (Wildman–Crippen MR) is 77.6 cm³/mol. The van der Waals surface area contributed by atoms with Crippen LogP contribution in [0.4, 0.5) is 0 Å². The molecule has 1 aliphatic heterocycles. The molecule has 0 aromatic carbocycles. The zero-order chi connectivity index (χ0) is 13.6. The number of hydrogen-bond acceptors (Lipinski definition) is 3. The van der Waals surface area contributed by atoms with Crippen LogP contribution < -0.4 is 4.74 Å². The highest BCUT2D eigenvalue weighted by molar-refractivity contribution is 9.10. The Morgan fingerprint density at radius 3 is 2.83 bits per heavy atom. The van der Waals surface area contributed by atoms with Crippen molar-refractivity contribution >= 4 is 24.2 Å². The van der Waals surface area contributed by atoms with Crippen molar-refractivity contribution in [3.8, 4) is 5.88 Å². The fraction of sp³-hybridized carbons (Fsp3) is 0.750. The van der Waals surface area contributed by atoms with Gasteiger partial charge in [0.15, 0.2) is 8.32 Å². The summed E-state index contributed by atoms with van der Waals surface area (Å²) in [6.07, 6.45) is 1.77. The lowest BCUT2D eigenvalue weighted by atomic mass is 10.2. The van der Waals surface area contributed by atoms with E-state index >= 15 is 0 Å². The largest absolute Gasteiger partial charge is 0.475 e. The van der Waals surface area contributed by atoms with Crippen molar-refractivity contribution in [2.24, 2.45) is 0 Å². The van der Waals surface area contributed by atoms with Gasteiger partial charge < -0.3 is 9.16 Å². The smallest absolute Gasteiger partial charge is 0.227 e. The van der Waals surface area contributed by atoms with Crippen molar-refractivity contribution in [2.45, 2.75) is 44.9 Å². The van der Waals surface area contributed by atoms with Gasteiger partial charge in [-0.3, -0.25) is 0 Å². The van der Waals surface area contributed by atoms with Crippen LogP contribution in [0.2, 0.25) is 18.1 Å². The molecule has 18 heavy (non-hydrogen) atoms. The molecular weight excluding hydrogens is 312 g/mol. The maximum atomic E-state index is 6.23. The predicted octanol–water partition coefficient (Wildman–Crippen LogP) is 3.60. The van der Waals surface area contributed by atoms with Gasteiger partial charge in [0.05, 0.1) is 17.3 Å². The Bertz CT molecular complexity index is 440. The molecule has 0 fully saturated rings. The van der Waals surface area contributed by atoms with Crippen LogP contribution in [0, 0.1) is 0 Å². The maximum absolute atomic E-state index is 6.23. The first-order valence-electron chi connectivity index (χ1n) is 6.22. The van der Waals surface area contributed by atoms with Crippen molar-refractivity contribution in [1.82, 2.24) is 9.78 Å². The van der Waals surface area contributed by atoms with Gasteiger partial charge in [0.1, 0.15) is 12.6 Å². The van der Waals surface area contributed by atoms with E-state index in [0.717, 1.165) is 10.4 Å². The number of rotatable bonds is 3. The van der Waals surface area contributed by atoms with Crippen LogP contribution >= 0.6 is 15.9 Å². The summed E-state index contributed by atoms with van der Waals surface area (Å²) >= 11 is 3.43. The molecule has 102 valence electrons. The van der Waals surface area contributed by atoms with Gasteiger partial charge in [-0.15, -0.1) is 0 Å². The van der Waals surface area contributed by atoms with E-state index in [1.165, 1.54) is 0 Å². The van der Waals surface area contributed by atoms with Crippen molar-refractivity contribution in [3.63, 3.8) is 0 Å². The zero-order valence-corrected chi connectivity index (χ0v) is 14.2. The Hall–Kier alpha value is -0.333. The Balaban J connectivity index is 2.01. The molecule has 1 unspecified atom stereocenters. The summed E-state index contributed by atoms with van der Waals surface area (Å²) in [5, 5.41) is 4.56. The van der Waals surface area contributed by atoms with Crippen LogP contribution in [-0.2, 0) is 4.43 Å². The van der Waals surface area contributed by atoms with Gasteiger partial charge >= 0.3 is 0 Å². The lowest BCUT2D eigenvalue weighted by Crippen LogP contribution is -2.42. The number of hydrogen-bond donors (Lipinski definition) is 0. The van der Waals surface area contributed by atoms with E-state index < -0.39 is 8.32 Å². The topological polar surface area (TPSA) is 36.3 Å². The first-order valence-corrected chi connectivity index (χ1v) is 9.92. The molecule has 2 rings (SSSR count). The highest BCUT2D eigenvalue weighted by Crippen LogP contribution is 2.38. The minimum absolute atomic E-state index is 0.195. The number of nitrogens with zero attached hydrogens (tertiary/aromatic N) is 2. The van der Waals surface area contributed by atoms with Gasteiger partial charge in [-0.2, -0.15) is 5.10 Å². The molecule has 1 atom stereocenters. The number of ether oxygens (including phenoxy) is 1. The summed E-state index contributed by atoms with van der Waals surface area (Å²) in [5.41, 5.74) is 0. The lowest BCUT2D eigenvalue weighted by Gasteiger charge is -2.36. The number of aromatic nitrogens is 2. The molecule has 0 saturated carbocycles. The summed E-state index contributed by atoms with van der Waals surface area (Å²) in [5.74, 6) is 0.818. The maximum Gasteiger partial charge on any atom is 0.227 e. The highest BCUT2D eigenvalue weighted by Gasteiger charge is 2.38. The molecule has 6 heteroatoms. The zero-order valence-electron chi connectivity index (χ0n) is 11.7. The van der Waals surface area contributed by atoms with Crippen LogP contribution in [0.3, 0.4) is 0 Å². The second kappa shape index (κ2) is 4.65. The van der Waals surface area contributed by atoms with E-state index in [9.17, 15) is 0 Å². The fourth-order valence-electron chi connectivity index (χ4n) is 1.61. The molecule has 1 aromatic rings. The first kappa shape index (κ1) is 14.1. The third kappa shape index (κ3) is 2.51. The SMILES string of the molecule is CC(C)(C)[Si](C)(C)OCC1COc2c(Br)cnn21. The fourth-order valence-corrected chi connectivity index (χ4v) is 3.04. The van der Waals surface area contributed by atoms with E-state index in [1.54, 1.807) is 6.20 Å². The van der Waals surface area contributed by atoms with Gasteiger partial charge in [0, 0.05) is 0 Å². The highest BCUT2D eigenvalue weighted by atomic mass is 79.9. The van der Waals surface area contributed by atoms with Crippen LogP contribution in [0.15, 0.2) is 10.7 Å². The molecule has 0 amide bonds. The Kier molecular flexibility index (Phi) is 3.64. The van der Waals surface area contributed by atoms with Crippen LogP contribution in [0.25, 0.3) is 0 Å². The van der Waals surface area contributed by atoms with E-state index in [1.807, 2.05) is 4.68 Å².